The van der Waals surface area contributed by atoms with Crippen LogP contribution in [0.25, 0.3) is 28.7 Å². The fourth-order valence-electron chi connectivity index (χ4n) is 7.24. The molecule has 0 bridgehead atoms. The summed E-state index contributed by atoms with van der Waals surface area (Å²) < 4.78 is 45.2. The highest BCUT2D eigenvalue weighted by atomic mass is 16.7. The van der Waals surface area contributed by atoms with Crippen LogP contribution >= 0.6 is 0 Å². The third-order valence-corrected chi connectivity index (χ3v) is 11.0. The number of rotatable bonds is 13. The fraction of sp³-hybridized carbons (Fsp3) is 0.429. The predicted molar refractivity (Wildman–Crippen MR) is 216 cm³/mol. The van der Waals surface area contributed by atoms with Crippen LogP contribution in [-0.4, -0.2) is 195 Å². The van der Waals surface area contributed by atoms with Gasteiger partial charge in [0.25, 0.3) is 0 Å². The van der Waals surface area contributed by atoms with Crippen molar-refractivity contribution < 1.29 is 119 Å². The molecule has 3 saturated heterocycles. The number of benzene rings is 3. The minimum absolute atomic E-state index is 0.200. The Morgan fingerprint density at radius 2 is 1.10 bits per heavy atom. The third-order valence-electron chi connectivity index (χ3n) is 11.0. The summed E-state index contributed by atoms with van der Waals surface area (Å²) in [4.78, 5) is 25.7. The zero-order chi connectivity index (χ0) is 48.6. The second-order valence-corrected chi connectivity index (χ2v) is 15.6. The second-order valence-electron chi connectivity index (χ2n) is 15.6. The van der Waals surface area contributed by atoms with Crippen molar-refractivity contribution in [2.75, 3.05) is 19.8 Å². The first-order valence-corrected chi connectivity index (χ1v) is 20.2. The standard InChI is InChI=1S/C42H46O25/c43-11-25-30(51)33(54)36(57)41(65-25)63-23-7-15(6-20(48)29(23)50)39-24(64-42-37(58)34(55)31(52)26(12-44)66-42)10-17-21(61-39)8-16(45)9-22(17)62-40-38(59)35(56)32(53)27(67-40)13-60-28(49)4-2-14-1-3-18(46)19(47)5-14/h1-10,25-27,30-38,40-44,46-48,50-59H,11-13H2/b4-2+/t25-,26-,27-,30-,31-,32-,33+,34+,35+,36-,37-,38-,40-,41-,42-/m1/s1. The van der Waals surface area contributed by atoms with E-state index in [0.717, 1.165) is 42.5 Å². The molecule has 2 aromatic rings. The first-order chi connectivity index (χ1) is 31.8. The molecule has 2 aromatic carbocycles. The van der Waals surface area contributed by atoms with Crippen molar-refractivity contribution in [3.8, 4) is 62.9 Å². The third kappa shape index (κ3) is 10.2. The van der Waals surface area contributed by atoms with Gasteiger partial charge in [0.15, 0.2) is 39.9 Å². The van der Waals surface area contributed by atoms with Gasteiger partial charge in [-0.3, -0.25) is 4.79 Å². The molecule has 67 heavy (non-hydrogen) atoms. The van der Waals surface area contributed by atoms with Crippen LogP contribution in [0.4, 0.5) is 0 Å². The van der Waals surface area contributed by atoms with E-state index in [1.54, 1.807) is 0 Å². The molecule has 0 radical (unpaired) electrons. The van der Waals surface area contributed by atoms with Gasteiger partial charge in [0.1, 0.15) is 91.4 Å². The van der Waals surface area contributed by atoms with E-state index in [1.807, 2.05) is 0 Å². The highest BCUT2D eigenvalue weighted by molar-refractivity contribution is 5.87. The van der Waals surface area contributed by atoms with Crippen LogP contribution in [0.3, 0.4) is 0 Å². The summed E-state index contributed by atoms with van der Waals surface area (Å²) in [5, 5.41) is 156. The number of carbonyl (C=O) groups excluding carboxylic acids is 1. The van der Waals surface area contributed by atoms with Crippen molar-refractivity contribution >= 4 is 12.0 Å². The van der Waals surface area contributed by atoms with Crippen molar-refractivity contribution in [3.05, 3.63) is 70.4 Å². The van der Waals surface area contributed by atoms with Gasteiger partial charge in [0.2, 0.25) is 24.6 Å². The Bertz CT molecular complexity index is 2440. The molecule has 15 atom stereocenters. The van der Waals surface area contributed by atoms with Crippen LogP contribution in [0.1, 0.15) is 5.56 Å². The lowest BCUT2D eigenvalue weighted by molar-refractivity contribution is -0.278. The number of ether oxygens (including phenoxy) is 7. The van der Waals surface area contributed by atoms with Crippen LogP contribution in [-0.2, 0) is 23.7 Å². The molecule has 0 spiro atoms. The number of hydrogen-bond donors (Lipinski definition) is 15. The molecule has 7 rings (SSSR count). The molecule has 4 heterocycles. The SMILES string of the molecule is O=C(/C=C/c1ccc(O)c(O)c1)OC[C@H]1O[C@@H](Oc2cc(=O)cc3oc(-c4cc(O)c(O)c(O[C@@H]5O[C@H](CO)[C@@H](O)[C@H](O)[C@H]5O)c4)c(O[C@@H]4O[C@H](CO)[C@@H](O)[C@H](O)[C@H]4O)cc2-3)[C@H](O)[C@@H](O)[C@@H]1O. The van der Waals surface area contributed by atoms with Gasteiger partial charge in [-0.15, -0.1) is 0 Å². The van der Waals surface area contributed by atoms with Gasteiger partial charge in [0.05, 0.1) is 18.8 Å². The van der Waals surface area contributed by atoms with E-state index in [-0.39, 0.29) is 16.9 Å². The van der Waals surface area contributed by atoms with Gasteiger partial charge in [-0.2, -0.15) is 0 Å². The Morgan fingerprint density at radius 1 is 0.567 bits per heavy atom. The zero-order valence-electron chi connectivity index (χ0n) is 34.3. The molecular weight excluding hydrogens is 904 g/mol. The van der Waals surface area contributed by atoms with E-state index < -0.39 is 169 Å². The topological polar surface area (TPSA) is 415 Å². The molecule has 25 nitrogen and oxygen atoms in total. The number of esters is 1. The van der Waals surface area contributed by atoms with Crippen molar-refractivity contribution in [3.63, 3.8) is 0 Å². The summed E-state index contributed by atoms with van der Waals surface area (Å²) in [7, 11) is 0. The maximum Gasteiger partial charge on any atom is 0.330 e. The number of hydrogen-bond acceptors (Lipinski definition) is 25. The zero-order valence-corrected chi connectivity index (χ0v) is 34.3. The molecular formula is C42H46O25. The molecule has 0 aromatic heterocycles. The quantitative estimate of drug-likeness (QED) is 0.0345. The monoisotopic (exact) mass is 950 g/mol. The Hall–Kier alpha value is -5.88. The molecule has 364 valence electrons. The van der Waals surface area contributed by atoms with Crippen LogP contribution in [0.15, 0.2) is 63.8 Å². The average molecular weight is 951 g/mol. The maximum absolute atomic E-state index is 13.2. The Kier molecular flexibility index (Phi) is 14.7. The van der Waals surface area contributed by atoms with E-state index in [4.69, 9.17) is 37.6 Å². The normalized spacial score (nSPS) is 32.3. The highest BCUT2D eigenvalue weighted by Crippen LogP contribution is 2.47. The maximum atomic E-state index is 13.2. The molecule has 0 unspecified atom stereocenters. The van der Waals surface area contributed by atoms with Gasteiger partial charge in [0, 0.05) is 23.8 Å². The number of aliphatic hydroxyl groups excluding tert-OH is 11. The van der Waals surface area contributed by atoms with Crippen molar-refractivity contribution in [2.24, 2.45) is 0 Å². The van der Waals surface area contributed by atoms with Crippen LogP contribution in [0, 0.1) is 0 Å². The summed E-state index contributed by atoms with van der Waals surface area (Å²) >= 11 is 0. The summed E-state index contributed by atoms with van der Waals surface area (Å²) in [6.07, 6.45) is -25.4. The lowest BCUT2D eigenvalue weighted by Crippen LogP contribution is -2.60. The molecule has 3 fully saturated rings. The van der Waals surface area contributed by atoms with Crippen LogP contribution in [0.2, 0.25) is 0 Å². The Morgan fingerprint density at radius 3 is 1.67 bits per heavy atom. The number of carbonyl (C=O) groups is 1. The van der Waals surface area contributed by atoms with E-state index in [2.05, 4.69) is 0 Å². The second kappa shape index (κ2) is 20.1. The lowest BCUT2D eigenvalue weighted by atomic mass is 9.99. The summed E-state index contributed by atoms with van der Waals surface area (Å²) in [6, 6.07) is 8.48. The van der Waals surface area contributed by atoms with E-state index in [1.165, 1.54) is 18.2 Å². The largest absolute Gasteiger partial charge is 0.504 e. The summed E-state index contributed by atoms with van der Waals surface area (Å²) in [5.74, 6) is -6.20. The molecule has 4 aliphatic heterocycles. The van der Waals surface area contributed by atoms with Gasteiger partial charge in [-0.25, -0.2) is 4.79 Å². The Labute approximate surface area is 375 Å². The lowest BCUT2D eigenvalue weighted by Gasteiger charge is -2.40. The minimum atomic E-state index is -2.03. The first kappa shape index (κ1) is 49.0. The number of aliphatic hydroxyl groups is 11. The van der Waals surface area contributed by atoms with Gasteiger partial charge in [-0.1, -0.05) is 6.07 Å². The fourth-order valence-corrected chi connectivity index (χ4v) is 7.24. The summed E-state index contributed by atoms with van der Waals surface area (Å²) in [6.45, 7) is -2.45. The highest BCUT2D eigenvalue weighted by Gasteiger charge is 2.48. The van der Waals surface area contributed by atoms with Crippen LogP contribution < -0.4 is 19.6 Å². The number of phenolic OH excluding ortho intramolecular Hbond substituents is 4. The van der Waals surface area contributed by atoms with E-state index >= 15 is 0 Å². The minimum Gasteiger partial charge on any atom is -0.504 e. The smallest absolute Gasteiger partial charge is 0.330 e. The molecule has 25 heteroatoms. The number of phenols is 4. The summed E-state index contributed by atoms with van der Waals surface area (Å²) in [5.41, 5.74) is -1.00. The van der Waals surface area contributed by atoms with Gasteiger partial charge < -0.3 is 114 Å². The number of fused-ring (bicyclic) bond motifs is 1. The molecule has 0 saturated carbocycles. The molecule has 0 amide bonds. The molecule has 15 N–H and O–H groups in total. The van der Waals surface area contributed by atoms with Crippen molar-refractivity contribution in [1.29, 1.82) is 0 Å². The van der Waals surface area contributed by atoms with E-state index in [9.17, 15) is 86.2 Å². The molecule has 5 aliphatic rings. The van der Waals surface area contributed by atoms with Gasteiger partial charge >= 0.3 is 5.97 Å². The molecule has 1 aliphatic carbocycles. The van der Waals surface area contributed by atoms with Crippen molar-refractivity contribution in [2.45, 2.75) is 92.1 Å². The average Bonchev–Trinajstić information content (AvgIpc) is 3.30. The Balaban J connectivity index is 1.23. The first-order valence-electron chi connectivity index (χ1n) is 20.2. The van der Waals surface area contributed by atoms with E-state index in [0.29, 0.717) is 5.56 Å². The van der Waals surface area contributed by atoms with Crippen LogP contribution in [0.5, 0.6) is 40.2 Å². The van der Waals surface area contributed by atoms with Gasteiger partial charge in [-0.05, 0) is 42.0 Å². The number of aromatic hydroxyl groups is 4. The van der Waals surface area contributed by atoms with Crippen molar-refractivity contribution in [1.82, 2.24) is 0 Å². The predicted octanol–water partition coefficient (Wildman–Crippen LogP) is -3.97.